The molecule has 3 rings (SSSR count). The van der Waals surface area contributed by atoms with Crippen LogP contribution in [-0.4, -0.2) is 43.6 Å². The molecule has 2 aromatic rings. The maximum atomic E-state index is 12.5. The van der Waals surface area contributed by atoms with Gasteiger partial charge in [-0.25, -0.2) is 14.6 Å². The standard InChI is InChI=1S/C17H21N5O2/c1-11-4-5-15(23)22(20-11)10-16(24)21-7-6-14(9-21)17-18-12(2)8-13(3)19-17/h4-5,8,14H,6-7,9-10H2,1-3H3. The van der Waals surface area contributed by atoms with Crippen LogP contribution in [-0.2, 0) is 11.3 Å². The number of carbonyl (C=O) groups is 1. The van der Waals surface area contributed by atoms with Gasteiger partial charge in [-0.05, 0) is 39.3 Å². The van der Waals surface area contributed by atoms with E-state index in [0.29, 0.717) is 18.8 Å². The Kier molecular flexibility index (Phi) is 4.42. The van der Waals surface area contributed by atoms with Crippen molar-refractivity contribution in [2.75, 3.05) is 13.1 Å². The summed E-state index contributed by atoms with van der Waals surface area (Å²) >= 11 is 0. The van der Waals surface area contributed by atoms with Crippen LogP contribution in [0.1, 0.15) is 35.2 Å². The van der Waals surface area contributed by atoms with E-state index in [1.54, 1.807) is 17.9 Å². The summed E-state index contributed by atoms with van der Waals surface area (Å²) in [5.74, 6) is 0.852. The molecule has 7 heteroatoms. The molecule has 0 saturated carbocycles. The lowest BCUT2D eigenvalue weighted by Gasteiger charge is -2.17. The molecule has 1 aliphatic heterocycles. The maximum absolute atomic E-state index is 12.5. The van der Waals surface area contributed by atoms with E-state index in [0.717, 1.165) is 23.6 Å². The minimum absolute atomic E-state index is 0.0268. The van der Waals surface area contributed by atoms with Crippen molar-refractivity contribution < 1.29 is 4.79 Å². The van der Waals surface area contributed by atoms with Gasteiger partial charge in [-0.1, -0.05) is 0 Å². The van der Waals surface area contributed by atoms with Crippen LogP contribution in [0.3, 0.4) is 0 Å². The first-order valence-corrected chi connectivity index (χ1v) is 8.07. The van der Waals surface area contributed by atoms with Crippen LogP contribution in [0.4, 0.5) is 0 Å². The third kappa shape index (κ3) is 3.50. The van der Waals surface area contributed by atoms with E-state index < -0.39 is 0 Å². The Morgan fingerprint density at radius 2 is 1.88 bits per heavy atom. The van der Waals surface area contributed by atoms with Crippen molar-refractivity contribution >= 4 is 5.91 Å². The van der Waals surface area contributed by atoms with E-state index in [1.165, 1.54) is 10.7 Å². The molecule has 0 bridgehead atoms. The fourth-order valence-electron chi connectivity index (χ4n) is 3.03. The van der Waals surface area contributed by atoms with E-state index in [2.05, 4.69) is 15.1 Å². The van der Waals surface area contributed by atoms with Crippen LogP contribution in [0, 0.1) is 20.8 Å². The van der Waals surface area contributed by atoms with Gasteiger partial charge in [0.05, 0.1) is 5.69 Å². The highest BCUT2D eigenvalue weighted by Gasteiger charge is 2.29. The first-order valence-electron chi connectivity index (χ1n) is 8.07. The van der Waals surface area contributed by atoms with Crippen LogP contribution < -0.4 is 5.56 Å². The lowest BCUT2D eigenvalue weighted by molar-refractivity contribution is -0.131. The Morgan fingerprint density at radius 1 is 1.17 bits per heavy atom. The number of aromatic nitrogens is 4. The van der Waals surface area contributed by atoms with Gasteiger partial charge in [-0.2, -0.15) is 5.10 Å². The van der Waals surface area contributed by atoms with Gasteiger partial charge in [0.15, 0.2) is 0 Å². The number of hydrogen-bond donors (Lipinski definition) is 0. The second-order valence-electron chi connectivity index (χ2n) is 6.30. The summed E-state index contributed by atoms with van der Waals surface area (Å²) in [6.45, 7) is 6.91. The molecule has 1 fully saturated rings. The molecule has 0 N–H and O–H groups in total. The van der Waals surface area contributed by atoms with Crippen molar-refractivity contribution in [1.29, 1.82) is 0 Å². The summed E-state index contributed by atoms with van der Waals surface area (Å²) in [5, 5.41) is 4.12. The van der Waals surface area contributed by atoms with Crippen molar-refractivity contribution in [2.24, 2.45) is 0 Å². The SMILES string of the molecule is Cc1cc(C)nc(C2CCN(C(=O)Cn3nc(C)ccc3=O)C2)n1. The minimum Gasteiger partial charge on any atom is -0.340 e. The molecule has 0 aromatic carbocycles. The summed E-state index contributed by atoms with van der Waals surface area (Å²) in [7, 11) is 0. The number of rotatable bonds is 3. The van der Waals surface area contributed by atoms with Crippen molar-refractivity contribution in [1.82, 2.24) is 24.6 Å². The van der Waals surface area contributed by atoms with Gasteiger partial charge in [-0.3, -0.25) is 9.59 Å². The third-order valence-corrected chi connectivity index (χ3v) is 4.19. The van der Waals surface area contributed by atoms with Gasteiger partial charge < -0.3 is 4.90 Å². The Bertz CT molecular complexity index is 810. The van der Waals surface area contributed by atoms with Crippen LogP contribution in [0.15, 0.2) is 23.0 Å². The van der Waals surface area contributed by atoms with Gasteiger partial charge in [0.2, 0.25) is 5.91 Å². The number of likely N-dealkylation sites (tertiary alicyclic amines) is 1. The van der Waals surface area contributed by atoms with E-state index in [1.807, 2.05) is 19.9 Å². The van der Waals surface area contributed by atoms with Gasteiger partial charge in [-0.15, -0.1) is 0 Å². The topological polar surface area (TPSA) is 81.0 Å². The molecule has 0 radical (unpaired) electrons. The maximum Gasteiger partial charge on any atom is 0.267 e. The van der Waals surface area contributed by atoms with Crippen LogP contribution in [0.5, 0.6) is 0 Å². The molecule has 0 spiro atoms. The smallest absolute Gasteiger partial charge is 0.267 e. The summed E-state index contributed by atoms with van der Waals surface area (Å²) in [6.07, 6.45) is 0.838. The molecule has 2 aromatic heterocycles. The third-order valence-electron chi connectivity index (χ3n) is 4.19. The lowest BCUT2D eigenvalue weighted by Crippen LogP contribution is -2.36. The van der Waals surface area contributed by atoms with E-state index in [-0.39, 0.29) is 23.9 Å². The van der Waals surface area contributed by atoms with Crippen molar-refractivity contribution in [3.63, 3.8) is 0 Å². The van der Waals surface area contributed by atoms with Gasteiger partial charge >= 0.3 is 0 Å². The summed E-state index contributed by atoms with van der Waals surface area (Å²) in [5.41, 5.74) is 2.34. The first-order chi connectivity index (χ1) is 11.4. The van der Waals surface area contributed by atoms with E-state index in [4.69, 9.17) is 0 Å². The predicted molar refractivity (Wildman–Crippen MR) is 88.7 cm³/mol. The van der Waals surface area contributed by atoms with Gasteiger partial charge in [0.25, 0.3) is 5.56 Å². The Morgan fingerprint density at radius 3 is 2.58 bits per heavy atom. The zero-order valence-electron chi connectivity index (χ0n) is 14.2. The quantitative estimate of drug-likeness (QED) is 0.839. The molecule has 24 heavy (non-hydrogen) atoms. The fraction of sp³-hybridized carbons (Fsp3) is 0.471. The fourth-order valence-corrected chi connectivity index (χ4v) is 3.03. The molecule has 1 atom stereocenters. The normalized spacial score (nSPS) is 17.3. The lowest BCUT2D eigenvalue weighted by atomic mass is 10.1. The molecular formula is C17H21N5O2. The number of aryl methyl sites for hydroxylation is 3. The molecule has 1 saturated heterocycles. The second kappa shape index (κ2) is 6.51. The van der Waals surface area contributed by atoms with Gasteiger partial charge in [0.1, 0.15) is 12.4 Å². The first kappa shape index (κ1) is 16.3. The molecular weight excluding hydrogens is 306 g/mol. The zero-order valence-corrected chi connectivity index (χ0v) is 14.2. The molecule has 1 aliphatic rings. The molecule has 1 amide bonds. The Hall–Kier alpha value is -2.57. The molecule has 0 aliphatic carbocycles. The number of amides is 1. The number of nitrogens with zero attached hydrogens (tertiary/aromatic N) is 5. The minimum atomic E-state index is -0.262. The summed E-state index contributed by atoms with van der Waals surface area (Å²) < 4.78 is 1.22. The molecule has 1 unspecified atom stereocenters. The van der Waals surface area contributed by atoms with Crippen LogP contribution in [0.2, 0.25) is 0 Å². The van der Waals surface area contributed by atoms with E-state index >= 15 is 0 Å². The second-order valence-corrected chi connectivity index (χ2v) is 6.30. The molecule has 7 nitrogen and oxygen atoms in total. The van der Waals surface area contributed by atoms with Crippen molar-refractivity contribution in [3.05, 3.63) is 51.5 Å². The number of carbonyl (C=O) groups excluding carboxylic acids is 1. The number of hydrogen-bond acceptors (Lipinski definition) is 5. The molecule has 3 heterocycles. The Labute approximate surface area is 140 Å². The monoisotopic (exact) mass is 327 g/mol. The van der Waals surface area contributed by atoms with Crippen LogP contribution >= 0.6 is 0 Å². The highest BCUT2D eigenvalue weighted by atomic mass is 16.2. The highest BCUT2D eigenvalue weighted by Crippen LogP contribution is 2.25. The predicted octanol–water partition coefficient (Wildman–Crippen LogP) is 0.975. The highest BCUT2D eigenvalue weighted by molar-refractivity contribution is 5.76. The van der Waals surface area contributed by atoms with Crippen molar-refractivity contribution in [3.8, 4) is 0 Å². The average Bonchev–Trinajstić information content (AvgIpc) is 3.00. The van der Waals surface area contributed by atoms with Crippen LogP contribution in [0.25, 0.3) is 0 Å². The average molecular weight is 327 g/mol. The summed E-state index contributed by atoms with van der Waals surface area (Å²) in [4.78, 5) is 35.0. The largest absolute Gasteiger partial charge is 0.340 e. The van der Waals surface area contributed by atoms with E-state index in [9.17, 15) is 9.59 Å². The van der Waals surface area contributed by atoms with Crippen molar-refractivity contribution in [2.45, 2.75) is 39.7 Å². The van der Waals surface area contributed by atoms with Gasteiger partial charge in [0, 0.05) is 36.5 Å². The summed E-state index contributed by atoms with van der Waals surface area (Å²) in [6, 6.07) is 5.02. The zero-order chi connectivity index (χ0) is 17.3. The molecule has 126 valence electrons. The Balaban J connectivity index is 1.70.